The highest BCUT2D eigenvalue weighted by Gasteiger charge is 2.72. The molecule has 0 radical (unpaired) electrons. The van der Waals surface area contributed by atoms with Crippen molar-refractivity contribution in [3.05, 3.63) is 0 Å². The van der Waals surface area contributed by atoms with E-state index in [2.05, 4.69) is 16.8 Å². The van der Waals surface area contributed by atoms with Crippen molar-refractivity contribution in [2.75, 3.05) is 33.2 Å². The van der Waals surface area contributed by atoms with Crippen LogP contribution in [0, 0.1) is 45.3 Å². The maximum Gasteiger partial charge on any atom is 0.309 e. The Hall–Kier alpha value is -1.10. The van der Waals surface area contributed by atoms with Gasteiger partial charge in [0.1, 0.15) is 0 Å². The molecule has 0 aromatic rings. The molecule has 32 heavy (non-hydrogen) atoms. The summed E-state index contributed by atoms with van der Waals surface area (Å²) in [7, 11) is 2.16. The average Bonchev–Trinajstić information content (AvgIpc) is 2.72. The maximum absolute atomic E-state index is 14.1. The number of carbonyl (C=O) groups is 2. The molecule has 8 bridgehead atoms. The molecule has 9 rings (SSSR count). The molecule has 4 atom stereocenters. The highest BCUT2D eigenvalue weighted by Crippen LogP contribution is 2.78. The van der Waals surface area contributed by atoms with Gasteiger partial charge in [0.2, 0.25) is 5.91 Å². The minimum absolute atomic E-state index is 0.139. The zero-order valence-electron chi connectivity index (χ0n) is 19.8. The van der Waals surface area contributed by atoms with Crippen LogP contribution in [0.25, 0.3) is 0 Å². The number of aliphatic carboxylic acids is 1. The summed E-state index contributed by atoms with van der Waals surface area (Å²) in [6.07, 6.45) is 13.8. The molecular formula is C27H40N2O3. The third-order valence-electron chi connectivity index (χ3n) is 11.9. The van der Waals surface area contributed by atoms with Crippen molar-refractivity contribution in [1.82, 2.24) is 9.80 Å². The van der Waals surface area contributed by atoms with Crippen LogP contribution in [0.2, 0.25) is 0 Å². The highest BCUT2D eigenvalue weighted by atomic mass is 16.4. The molecular weight excluding hydrogens is 400 g/mol. The molecule has 1 heterocycles. The van der Waals surface area contributed by atoms with Crippen LogP contribution >= 0.6 is 0 Å². The third kappa shape index (κ3) is 2.55. The molecule has 0 aromatic carbocycles. The minimum atomic E-state index is -0.510. The van der Waals surface area contributed by atoms with Crippen molar-refractivity contribution in [2.24, 2.45) is 45.3 Å². The first-order valence-corrected chi connectivity index (χ1v) is 13.5. The van der Waals surface area contributed by atoms with E-state index in [4.69, 9.17) is 0 Å². The number of hydrogen-bond acceptors (Lipinski definition) is 3. The van der Waals surface area contributed by atoms with Gasteiger partial charge >= 0.3 is 5.97 Å². The number of carboxylic acid groups (broad SMARTS) is 1. The monoisotopic (exact) mass is 440 g/mol. The van der Waals surface area contributed by atoms with Crippen LogP contribution in [0.4, 0.5) is 0 Å². The molecule has 1 N–H and O–H groups in total. The molecule has 9 aliphatic rings. The van der Waals surface area contributed by atoms with Gasteiger partial charge in [0.15, 0.2) is 0 Å². The van der Waals surface area contributed by atoms with Crippen molar-refractivity contribution in [1.29, 1.82) is 0 Å². The lowest BCUT2D eigenvalue weighted by molar-refractivity contribution is -0.240. The fraction of sp³-hybridized carbons (Fsp3) is 0.926. The summed E-state index contributed by atoms with van der Waals surface area (Å²) >= 11 is 0. The third-order valence-corrected chi connectivity index (χ3v) is 11.9. The second-order valence-electron chi connectivity index (χ2n) is 13.9. The standard InChI is InChI=1S/C27H40N2O3/c1-28-2-4-29(5-3-28)22(30)24-8-18-6-19(9-24)13-26(12-18,16-24)27-14-20-7-21(15-27)11-25(10-20,17-27)23(31)32/h18-21H,2-17H2,1H3,(H,31,32). The second kappa shape index (κ2) is 6.31. The summed E-state index contributed by atoms with van der Waals surface area (Å²) in [6.45, 7) is 3.76. The highest BCUT2D eigenvalue weighted by molar-refractivity contribution is 5.83. The first-order chi connectivity index (χ1) is 15.2. The van der Waals surface area contributed by atoms with E-state index in [0.29, 0.717) is 29.6 Å². The number of likely N-dealkylation sites (N-methyl/N-ethyl adjacent to an activating group) is 1. The lowest BCUT2D eigenvalue weighted by Crippen LogP contribution is -2.67. The predicted octanol–water partition coefficient (Wildman–Crippen LogP) is 4.02. The fourth-order valence-electron chi connectivity index (χ4n) is 11.6. The first kappa shape index (κ1) is 20.3. The zero-order chi connectivity index (χ0) is 21.9. The van der Waals surface area contributed by atoms with Crippen molar-refractivity contribution < 1.29 is 14.7 Å². The van der Waals surface area contributed by atoms with Crippen LogP contribution in [0.5, 0.6) is 0 Å². The number of amides is 1. The van der Waals surface area contributed by atoms with Gasteiger partial charge < -0.3 is 14.9 Å². The number of nitrogens with zero attached hydrogens (tertiary/aromatic N) is 2. The van der Waals surface area contributed by atoms with E-state index in [1.54, 1.807) is 0 Å². The van der Waals surface area contributed by atoms with E-state index in [1.807, 2.05) is 0 Å². The first-order valence-electron chi connectivity index (χ1n) is 13.5. The molecule has 176 valence electrons. The molecule has 8 aliphatic carbocycles. The SMILES string of the molecule is CN1CCN(C(=O)C23CC4CC(C2)CC(C25CC6CC(CC(C(=O)O)(C6)C2)C5)(C4)C3)CC1. The van der Waals surface area contributed by atoms with Gasteiger partial charge in [0, 0.05) is 26.2 Å². The van der Waals surface area contributed by atoms with E-state index in [-0.39, 0.29) is 16.2 Å². The molecule has 1 amide bonds. The van der Waals surface area contributed by atoms with E-state index in [9.17, 15) is 14.7 Å². The molecule has 5 heteroatoms. The summed E-state index contributed by atoms with van der Waals surface area (Å²) < 4.78 is 0. The Balaban J connectivity index is 1.25. The van der Waals surface area contributed by atoms with Crippen LogP contribution in [0.15, 0.2) is 0 Å². The lowest BCUT2D eigenvalue weighted by atomic mass is 9.31. The van der Waals surface area contributed by atoms with E-state index in [0.717, 1.165) is 64.7 Å². The van der Waals surface area contributed by atoms with Gasteiger partial charge in [-0.1, -0.05) is 0 Å². The molecule has 0 aromatic heterocycles. The van der Waals surface area contributed by atoms with Crippen LogP contribution in [-0.2, 0) is 9.59 Å². The number of carboxylic acids is 1. The topological polar surface area (TPSA) is 60.9 Å². The quantitative estimate of drug-likeness (QED) is 0.720. The number of piperazine rings is 1. The van der Waals surface area contributed by atoms with Gasteiger partial charge in [-0.05, 0) is 119 Å². The molecule has 4 unspecified atom stereocenters. The summed E-state index contributed by atoms with van der Waals surface area (Å²) in [4.78, 5) is 31.2. The van der Waals surface area contributed by atoms with Crippen molar-refractivity contribution in [3.63, 3.8) is 0 Å². The maximum atomic E-state index is 14.1. The Morgan fingerprint density at radius 2 is 1.12 bits per heavy atom. The Morgan fingerprint density at radius 1 is 0.688 bits per heavy atom. The van der Waals surface area contributed by atoms with Crippen molar-refractivity contribution in [2.45, 2.75) is 77.0 Å². The van der Waals surface area contributed by atoms with Crippen LogP contribution < -0.4 is 0 Å². The molecule has 1 aliphatic heterocycles. The van der Waals surface area contributed by atoms with Crippen molar-refractivity contribution >= 4 is 11.9 Å². The number of hydrogen-bond donors (Lipinski definition) is 1. The minimum Gasteiger partial charge on any atom is -0.481 e. The zero-order valence-corrected chi connectivity index (χ0v) is 19.8. The fourth-order valence-corrected chi connectivity index (χ4v) is 11.6. The second-order valence-corrected chi connectivity index (χ2v) is 13.9. The Bertz CT molecular complexity index is 831. The predicted molar refractivity (Wildman–Crippen MR) is 121 cm³/mol. The Labute approximate surface area is 192 Å². The van der Waals surface area contributed by atoms with Crippen LogP contribution in [-0.4, -0.2) is 60.0 Å². The smallest absolute Gasteiger partial charge is 0.309 e. The van der Waals surface area contributed by atoms with E-state index >= 15 is 0 Å². The number of carbonyl (C=O) groups excluding carboxylic acids is 1. The summed E-state index contributed by atoms with van der Waals surface area (Å²) in [6, 6.07) is 0. The average molecular weight is 441 g/mol. The van der Waals surface area contributed by atoms with Crippen molar-refractivity contribution in [3.8, 4) is 0 Å². The molecule has 0 spiro atoms. The molecule has 1 saturated heterocycles. The summed E-state index contributed by atoms with van der Waals surface area (Å²) in [5.41, 5.74) is -0.166. The number of rotatable bonds is 3. The van der Waals surface area contributed by atoms with Crippen LogP contribution in [0.3, 0.4) is 0 Å². The van der Waals surface area contributed by atoms with E-state index < -0.39 is 11.4 Å². The Kier molecular flexibility index (Phi) is 4.00. The van der Waals surface area contributed by atoms with Gasteiger partial charge in [-0.15, -0.1) is 0 Å². The van der Waals surface area contributed by atoms with Gasteiger partial charge in [-0.2, -0.15) is 0 Å². The largest absolute Gasteiger partial charge is 0.481 e. The van der Waals surface area contributed by atoms with E-state index in [1.165, 1.54) is 38.5 Å². The molecule has 5 nitrogen and oxygen atoms in total. The summed E-state index contributed by atoms with van der Waals surface area (Å²) in [5, 5.41) is 10.3. The Morgan fingerprint density at radius 3 is 1.59 bits per heavy atom. The lowest BCUT2D eigenvalue weighted by Gasteiger charge is -2.73. The van der Waals surface area contributed by atoms with Crippen LogP contribution in [0.1, 0.15) is 77.0 Å². The van der Waals surface area contributed by atoms with Gasteiger partial charge in [-0.25, -0.2) is 0 Å². The molecule has 9 fully saturated rings. The summed E-state index contributed by atoms with van der Waals surface area (Å²) in [5.74, 6) is 2.59. The normalized spacial score (nSPS) is 53.7. The van der Waals surface area contributed by atoms with Gasteiger partial charge in [0.05, 0.1) is 10.8 Å². The van der Waals surface area contributed by atoms with Gasteiger partial charge in [-0.3, -0.25) is 9.59 Å². The van der Waals surface area contributed by atoms with Gasteiger partial charge in [0.25, 0.3) is 0 Å². The molecule has 8 saturated carbocycles.